The molecule has 0 heterocycles. The molecule has 0 aliphatic rings. The third-order valence-corrected chi connectivity index (χ3v) is 2.40. The molecule has 3 heteroatoms. The molecule has 0 bridgehead atoms. The van der Waals surface area contributed by atoms with Crippen molar-refractivity contribution in [3.63, 3.8) is 0 Å². The summed E-state index contributed by atoms with van der Waals surface area (Å²) in [6.45, 7) is 5.97. The summed E-state index contributed by atoms with van der Waals surface area (Å²) in [6.07, 6.45) is -2.52. The van der Waals surface area contributed by atoms with Crippen molar-refractivity contribution in [3.8, 4) is 0 Å². The fourth-order valence-electron chi connectivity index (χ4n) is 1.61. The van der Waals surface area contributed by atoms with Crippen LogP contribution in [0.5, 0.6) is 0 Å². The molecule has 0 fully saturated rings. The predicted molar refractivity (Wildman–Crippen MR) is 58.1 cm³/mol. The Morgan fingerprint density at radius 1 is 1.13 bits per heavy atom. The largest absolute Gasteiger partial charge is 0.319 e. The van der Waals surface area contributed by atoms with Crippen LogP contribution < -0.4 is 5.73 Å². The van der Waals surface area contributed by atoms with Crippen molar-refractivity contribution < 1.29 is 8.78 Å². The van der Waals surface area contributed by atoms with Crippen molar-refractivity contribution in [2.75, 3.05) is 0 Å². The highest BCUT2D eigenvalue weighted by molar-refractivity contribution is 5.35. The molecule has 0 spiro atoms. The number of hydrogen-bond acceptors (Lipinski definition) is 1. The molecule has 1 nitrogen and oxygen atoms in total. The van der Waals surface area contributed by atoms with Gasteiger partial charge in [0.25, 0.3) is 6.43 Å². The van der Waals surface area contributed by atoms with Crippen molar-refractivity contribution in [1.29, 1.82) is 0 Å². The first-order chi connectivity index (χ1) is 6.84. The monoisotopic (exact) mass is 213 g/mol. The van der Waals surface area contributed by atoms with Crippen LogP contribution in [0.2, 0.25) is 0 Å². The van der Waals surface area contributed by atoms with Crippen LogP contribution in [0.25, 0.3) is 0 Å². The first-order valence-electron chi connectivity index (χ1n) is 4.97. The normalized spacial score (nSPS) is 14.3. The van der Waals surface area contributed by atoms with Crippen LogP contribution in [-0.4, -0.2) is 6.43 Å². The van der Waals surface area contributed by atoms with Crippen molar-refractivity contribution in [2.24, 2.45) is 5.73 Å². The molecule has 0 saturated heterocycles. The maximum absolute atomic E-state index is 12.6. The van der Waals surface area contributed by atoms with Crippen molar-refractivity contribution in [2.45, 2.75) is 38.7 Å². The van der Waals surface area contributed by atoms with E-state index in [-0.39, 0.29) is 5.41 Å². The van der Waals surface area contributed by atoms with Crippen LogP contribution in [0.1, 0.15) is 37.9 Å². The fourth-order valence-corrected chi connectivity index (χ4v) is 1.61. The smallest absolute Gasteiger partial charge is 0.257 e. The molecule has 1 aromatic rings. The molecule has 1 aromatic carbocycles. The topological polar surface area (TPSA) is 26.0 Å². The Morgan fingerprint density at radius 3 is 2.13 bits per heavy atom. The molecule has 0 aliphatic heterocycles. The van der Waals surface area contributed by atoms with Crippen LogP contribution in [0.3, 0.4) is 0 Å². The predicted octanol–water partition coefficient (Wildman–Crippen LogP) is 3.25. The number of nitrogens with two attached hydrogens (primary N) is 1. The van der Waals surface area contributed by atoms with Gasteiger partial charge >= 0.3 is 0 Å². The highest BCUT2D eigenvalue weighted by atomic mass is 19.3. The molecule has 0 amide bonds. The van der Waals surface area contributed by atoms with Gasteiger partial charge in [-0.15, -0.1) is 0 Å². The van der Waals surface area contributed by atoms with Crippen molar-refractivity contribution in [3.05, 3.63) is 35.4 Å². The molecule has 1 unspecified atom stereocenters. The lowest BCUT2D eigenvalue weighted by Gasteiger charge is -2.25. The Hall–Kier alpha value is -0.960. The zero-order valence-electron chi connectivity index (χ0n) is 9.30. The summed E-state index contributed by atoms with van der Waals surface area (Å²) in [6, 6.07) is 5.93. The summed E-state index contributed by atoms with van der Waals surface area (Å²) in [7, 11) is 0. The zero-order chi connectivity index (χ0) is 11.6. The standard InChI is InChI=1S/C12H17F2N/c1-12(2,3)9-7-5-4-6-8(9)10(15)11(13)14/h4-7,10-11H,15H2,1-3H3. The first-order valence-corrected chi connectivity index (χ1v) is 4.97. The van der Waals surface area contributed by atoms with E-state index in [4.69, 9.17) is 5.73 Å². The summed E-state index contributed by atoms with van der Waals surface area (Å²) >= 11 is 0. The highest BCUT2D eigenvalue weighted by Crippen LogP contribution is 2.30. The lowest BCUT2D eigenvalue weighted by Crippen LogP contribution is -2.24. The minimum Gasteiger partial charge on any atom is -0.319 e. The minimum atomic E-state index is -2.52. The van der Waals surface area contributed by atoms with Crippen LogP contribution in [0, 0.1) is 0 Å². The Kier molecular flexibility index (Phi) is 3.45. The Morgan fingerprint density at radius 2 is 1.67 bits per heavy atom. The van der Waals surface area contributed by atoms with E-state index in [1.165, 1.54) is 0 Å². The van der Waals surface area contributed by atoms with Gasteiger partial charge in [-0.05, 0) is 16.5 Å². The van der Waals surface area contributed by atoms with Crippen LogP contribution >= 0.6 is 0 Å². The minimum absolute atomic E-state index is 0.164. The average molecular weight is 213 g/mol. The number of alkyl halides is 2. The summed E-state index contributed by atoms with van der Waals surface area (Å²) in [5, 5.41) is 0. The molecule has 0 saturated carbocycles. The number of halogens is 2. The Bertz CT molecular complexity index is 329. The van der Waals surface area contributed by atoms with E-state index in [0.717, 1.165) is 5.56 Å². The number of hydrogen-bond donors (Lipinski definition) is 1. The SMILES string of the molecule is CC(C)(C)c1ccccc1C(N)C(F)F. The third-order valence-electron chi connectivity index (χ3n) is 2.40. The lowest BCUT2D eigenvalue weighted by molar-refractivity contribution is 0.115. The Labute approximate surface area is 89.3 Å². The van der Waals surface area contributed by atoms with Gasteiger partial charge in [-0.25, -0.2) is 8.78 Å². The fraction of sp³-hybridized carbons (Fsp3) is 0.500. The van der Waals surface area contributed by atoms with E-state index < -0.39 is 12.5 Å². The highest BCUT2D eigenvalue weighted by Gasteiger charge is 2.25. The van der Waals surface area contributed by atoms with E-state index in [9.17, 15) is 8.78 Å². The van der Waals surface area contributed by atoms with E-state index in [0.29, 0.717) is 5.56 Å². The van der Waals surface area contributed by atoms with Gasteiger partial charge in [0.1, 0.15) is 0 Å². The van der Waals surface area contributed by atoms with Crippen LogP contribution in [-0.2, 0) is 5.41 Å². The van der Waals surface area contributed by atoms with Gasteiger partial charge in [0.2, 0.25) is 0 Å². The second kappa shape index (κ2) is 4.27. The van der Waals surface area contributed by atoms with Gasteiger partial charge in [-0.2, -0.15) is 0 Å². The van der Waals surface area contributed by atoms with Crippen molar-refractivity contribution in [1.82, 2.24) is 0 Å². The first kappa shape index (κ1) is 12.1. The van der Waals surface area contributed by atoms with Gasteiger partial charge in [0, 0.05) is 0 Å². The molecule has 2 N–H and O–H groups in total. The van der Waals surface area contributed by atoms with Gasteiger partial charge in [-0.1, -0.05) is 45.0 Å². The molecule has 84 valence electrons. The van der Waals surface area contributed by atoms with Crippen LogP contribution in [0.15, 0.2) is 24.3 Å². The van der Waals surface area contributed by atoms with Gasteiger partial charge in [0.05, 0.1) is 6.04 Å². The average Bonchev–Trinajstić information content (AvgIpc) is 2.15. The third kappa shape index (κ3) is 2.75. The molecule has 1 rings (SSSR count). The zero-order valence-corrected chi connectivity index (χ0v) is 9.30. The Balaban J connectivity index is 3.18. The summed E-state index contributed by atoms with van der Waals surface area (Å²) in [5.74, 6) is 0. The van der Waals surface area contributed by atoms with E-state index in [1.807, 2.05) is 32.9 Å². The molecular weight excluding hydrogens is 196 g/mol. The second-order valence-electron chi connectivity index (χ2n) is 4.70. The second-order valence-corrected chi connectivity index (χ2v) is 4.70. The molecule has 0 aromatic heterocycles. The molecule has 1 atom stereocenters. The number of benzene rings is 1. The van der Waals surface area contributed by atoms with Gasteiger partial charge in [0.15, 0.2) is 0 Å². The van der Waals surface area contributed by atoms with Gasteiger partial charge in [-0.3, -0.25) is 0 Å². The lowest BCUT2D eigenvalue weighted by atomic mass is 9.82. The molecule has 0 aliphatic carbocycles. The molecular formula is C12H17F2N. The maximum atomic E-state index is 12.6. The summed E-state index contributed by atoms with van der Waals surface area (Å²) in [5.41, 5.74) is 6.75. The molecule has 15 heavy (non-hydrogen) atoms. The quantitative estimate of drug-likeness (QED) is 0.801. The van der Waals surface area contributed by atoms with E-state index in [1.54, 1.807) is 12.1 Å². The van der Waals surface area contributed by atoms with Gasteiger partial charge < -0.3 is 5.73 Å². The summed E-state index contributed by atoms with van der Waals surface area (Å²) in [4.78, 5) is 0. The molecule has 0 radical (unpaired) electrons. The van der Waals surface area contributed by atoms with Crippen molar-refractivity contribution >= 4 is 0 Å². The number of rotatable bonds is 2. The maximum Gasteiger partial charge on any atom is 0.257 e. The van der Waals surface area contributed by atoms with E-state index >= 15 is 0 Å². The van der Waals surface area contributed by atoms with E-state index in [2.05, 4.69) is 0 Å². The summed E-state index contributed by atoms with van der Waals surface area (Å²) < 4.78 is 25.1. The van der Waals surface area contributed by atoms with Crippen LogP contribution in [0.4, 0.5) is 8.78 Å².